The van der Waals surface area contributed by atoms with Crippen LogP contribution in [0.2, 0.25) is 0 Å². The number of rotatable bonds is 7. The molecule has 0 saturated heterocycles. The molecule has 1 rings (SSSR count). The molecule has 0 saturated carbocycles. The van der Waals surface area contributed by atoms with Crippen molar-refractivity contribution < 1.29 is 23.9 Å². The Morgan fingerprint density at radius 1 is 1.22 bits per heavy atom. The quantitative estimate of drug-likeness (QED) is 0.740. The van der Waals surface area contributed by atoms with Crippen LogP contribution >= 0.6 is 0 Å². The van der Waals surface area contributed by atoms with Crippen molar-refractivity contribution in [2.24, 2.45) is 0 Å². The zero-order valence-electron chi connectivity index (χ0n) is 13.5. The van der Waals surface area contributed by atoms with Gasteiger partial charge in [-0.3, -0.25) is 14.9 Å². The second-order valence-electron chi connectivity index (χ2n) is 4.74. The van der Waals surface area contributed by atoms with Gasteiger partial charge in [0.1, 0.15) is 5.75 Å². The predicted molar refractivity (Wildman–Crippen MR) is 84.1 cm³/mol. The van der Waals surface area contributed by atoms with Crippen molar-refractivity contribution in [3.63, 3.8) is 0 Å². The molecule has 0 bridgehead atoms. The fourth-order valence-corrected chi connectivity index (χ4v) is 1.83. The van der Waals surface area contributed by atoms with Crippen LogP contribution in [0.4, 0.5) is 4.79 Å². The van der Waals surface area contributed by atoms with Gasteiger partial charge in [-0.05, 0) is 31.9 Å². The Balaban J connectivity index is 2.48. The predicted octanol–water partition coefficient (Wildman–Crippen LogP) is 1.41. The number of aryl methyl sites for hydroxylation is 1. The molecular formula is C16H22N2O5. The van der Waals surface area contributed by atoms with Gasteiger partial charge in [-0.15, -0.1) is 0 Å². The molecule has 1 atom stereocenters. The number of ether oxygens (including phenoxy) is 2. The van der Waals surface area contributed by atoms with E-state index in [9.17, 15) is 14.4 Å². The third kappa shape index (κ3) is 6.37. The third-order valence-corrected chi connectivity index (χ3v) is 3.01. The Morgan fingerprint density at radius 2 is 1.91 bits per heavy atom. The minimum atomic E-state index is -1.04. The molecule has 1 aromatic carbocycles. The van der Waals surface area contributed by atoms with E-state index in [1.165, 1.54) is 14.0 Å². The smallest absolute Gasteiger partial charge is 0.321 e. The number of benzene rings is 1. The van der Waals surface area contributed by atoms with E-state index in [0.717, 1.165) is 11.3 Å². The first-order valence-corrected chi connectivity index (χ1v) is 7.40. The molecule has 23 heavy (non-hydrogen) atoms. The molecule has 0 aliphatic heterocycles. The SMILES string of the molecule is CCOc1ccccc1CCC(=O)O[C@@H](C)C(=O)NC(=O)NC. The fourth-order valence-electron chi connectivity index (χ4n) is 1.83. The van der Waals surface area contributed by atoms with E-state index in [1.807, 2.05) is 36.5 Å². The molecule has 1 aromatic rings. The summed E-state index contributed by atoms with van der Waals surface area (Å²) in [5.74, 6) is -0.462. The maximum atomic E-state index is 11.8. The standard InChI is InChI=1S/C16H22N2O5/c1-4-22-13-8-6-5-7-12(13)9-10-14(19)23-11(2)15(20)18-16(21)17-3/h5-8,11H,4,9-10H2,1-3H3,(H2,17,18,20,21)/t11-/m0/s1. The molecule has 7 nitrogen and oxygen atoms in total. The van der Waals surface area contributed by atoms with Gasteiger partial charge in [0, 0.05) is 13.5 Å². The van der Waals surface area contributed by atoms with Crippen LogP contribution in [0.25, 0.3) is 0 Å². The van der Waals surface area contributed by atoms with Crippen molar-refractivity contribution in [2.45, 2.75) is 32.8 Å². The molecule has 2 N–H and O–H groups in total. The number of para-hydroxylation sites is 1. The number of carbonyl (C=O) groups is 3. The highest BCUT2D eigenvalue weighted by atomic mass is 16.5. The van der Waals surface area contributed by atoms with Gasteiger partial charge >= 0.3 is 12.0 Å². The van der Waals surface area contributed by atoms with Gasteiger partial charge < -0.3 is 14.8 Å². The van der Waals surface area contributed by atoms with Crippen LogP contribution in [0.1, 0.15) is 25.8 Å². The first-order valence-electron chi connectivity index (χ1n) is 7.40. The van der Waals surface area contributed by atoms with Crippen molar-refractivity contribution in [3.05, 3.63) is 29.8 Å². The average molecular weight is 322 g/mol. The molecular weight excluding hydrogens is 300 g/mol. The molecule has 7 heteroatoms. The number of hydrogen-bond donors (Lipinski definition) is 2. The number of nitrogens with one attached hydrogen (secondary N) is 2. The van der Waals surface area contributed by atoms with E-state index >= 15 is 0 Å². The lowest BCUT2D eigenvalue weighted by atomic mass is 10.1. The maximum Gasteiger partial charge on any atom is 0.321 e. The highest BCUT2D eigenvalue weighted by molar-refractivity contribution is 5.96. The van der Waals surface area contributed by atoms with Gasteiger partial charge in [-0.2, -0.15) is 0 Å². The van der Waals surface area contributed by atoms with E-state index < -0.39 is 24.0 Å². The van der Waals surface area contributed by atoms with Crippen LogP contribution in [0.15, 0.2) is 24.3 Å². The summed E-state index contributed by atoms with van der Waals surface area (Å²) >= 11 is 0. The Kier molecular flexibility index (Phi) is 7.59. The van der Waals surface area contributed by atoms with Crippen molar-refractivity contribution in [3.8, 4) is 5.75 Å². The molecule has 0 unspecified atom stereocenters. The monoisotopic (exact) mass is 322 g/mol. The Hall–Kier alpha value is -2.57. The Labute approximate surface area is 135 Å². The summed E-state index contributed by atoms with van der Waals surface area (Å²) in [4.78, 5) is 34.4. The van der Waals surface area contributed by atoms with Crippen LogP contribution < -0.4 is 15.4 Å². The minimum absolute atomic E-state index is 0.113. The average Bonchev–Trinajstić information content (AvgIpc) is 2.54. The highest BCUT2D eigenvalue weighted by Gasteiger charge is 2.19. The fraction of sp³-hybridized carbons (Fsp3) is 0.438. The van der Waals surface area contributed by atoms with E-state index in [2.05, 4.69) is 5.32 Å². The van der Waals surface area contributed by atoms with Gasteiger partial charge in [-0.25, -0.2) is 4.79 Å². The van der Waals surface area contributed by atoms with E-state index in [-0.39, 0.29) is 6.42 Å². The van der Waals surface area contributed by atoms with Crippen LogP contribution in [-0.2, 0) is 20.7 Å². The summed E-state index contributed by atoms with van der Waals surface area (Å²) in [5, 5.41) is 4.29. The first-order chi connectivity index (χ1) is 11.0. The van der Waals surface area contributed by atoms with Gasteiger partial charge in [0.25, 0.3) is 5.91 Å². The number of amides is 3. The first kappa shape index (κ1) is 18.5. The summed E-state index contributed by atoms with van der Waals surface area (Å²) in [5.41, 5.74) is 0.897. The lowest BCUT2D eigenvalue weighted by Gasteiger charge is -2.13. The van der Waals surface area contributed by atoms with Gasteiger partial charge in [0.2, 0.25) is 0 Å². The third-order valence-electron chi connectivity index (χ3n) is 3.01. The normalized spacial score (nSPS) is 11.3. The summed E-state index contributed by atoms with van der Waals surface area (Å²) in [6.45, 7) is 3.83. The number of imide groups is 1. The lowest BCUT2D eigenvalue weighted by molar-refractivity contribution is -0.154. The van der Waals surface area contributed by atoms with Gasteiger partial charge in [0.15, 0.2) is 6.10 Å². The minimum Gasteiger partial charge on any atom is -0.494 e. The van der Waals surface area contributed by atoms with Crippen LogP contribution in [-0.4, -0.2) is 37.7 Å². The molecule has 3 amide bonds. The highest BCUT2D eigenvalue weighted by Crippen LogP contribution is 2.19. The lowest BCUT2D eigenvalue weighted by Crippen LogP contribution is -2.43. The zero-order valence-corrected chi connectivity index (χ0v) is 13.5. The summed E-state index contributed by atoms with van der Waals surface area (Å²) in [6, 6.07) is 6.79. The topological polar surface area (TPSA) is 93.7 Å². The van der Waals surface area contributed by atoms with Gasteiger partial charge in [0.05, 0.1) is 6.61 Å². The molecule has 0 aliphatic rings. The molecule has 126 valence electrons. The molecule has 0 spiro atoms. The zero-order chi connectivity index (χ0) is 17.2. The molecule has 0 fully saturated rings. The largest absolute Gasteiger partial charge is 0.494 e. The second kappa shape index (κ2) is 9.45. The molecule has 0 heterocycles. The number of esters is 1. The Bertz CT molecular complexity index is 559. The number of hydrogen-bond acceptors (Lipinski definition) is 5. The van der Waals surface area contributed by atoms with E-state index in [1.54, 1.807) is 0 Å². The molecule has 0 aliphatic carbocycles. The molecule has 0 aromatic heterocycles. The van der Waals surface area contributed by atoms with E-state index in [0.29, 0.717) is 13.0 Å². The number of carbonyl (C=O) groups excluding carboxylic acids is 3. The maximum absolute atomic E-state index is 11.8. The van der Waals surface area contributed by atoms with Crippen molar-refractivity contribution in [1.29, 1.82) is 0 Å². The van der Waals surface area contributed by atoms with Crippen molar-refractivity contribution in [2.75, 3.05) is 13.7 Å². The molecule has 0 radical (unpaired) electrons. The summed E-state index contributed by atoms with van der Waals surface area (Å²) < 4.78 is 10.5. The van der Waals surface area contributed by atoms with Crippen LogP contribution in [0.5, 0.6) is 5.75 Å². The van der Waals surface area contributed by atoms with Gasteiger partial charge in [-0.1, -0.05) is 18.2 Å². The number of urea groups is 1. The van der Waals surface area contributed by atoms with E-state index in [4.69, 9.17) is 9.47 Å². The van der Waals surface area contributed by atoms with Crippen LogP contribution in [0, 0.1) is 0 Å². The second-order valence-corrected chi connectivity index (χ2v) is 4.74. The van der Waals surface area contributed by atoms with Crippen LogP contribution in [0.3, 0.4) is 0 Å². The van der Waals surface area contributed by atoms with Crippen molar-refractivity contribution in [1.82, 2.24) is 10.6 Å². The Morgan fingerprint density at radius 3 is 2.57 bits per heavy atom. The summed E-state index contributed by atoms with van der Waals surface area (Å²) in [7, 11) is 1.38. The van der Waals surface area contributed by atoms with Crippen molar-refractivity contribution >= 4 is 17.9 Å². The summed E-state index contributed by atoms with van der Waals surface area (Å²) in [6.07, 6.45) is -0.484.